The number of anilines is 2. The zero-order valence-corrected chi connectivity index (χ0v) is 15.7. The Bertz CT molecular complexity index is 931. The lowest BCUT2D eigenvalue weighted by Gasteiger charge is -2.18. The molecule has 1 saturated heterocycles. The number of aryl methyl sites for hydroxylation is 1. The van der Waals surface area contributed by atoms with Crippen LogP contribution in [0, 0.1) is 12.8 Å². The van der Waals surface area contributed by atoms with Crippen molar-refractivity contribution in [1.29, 1.82) is 0 Å². The number of para-hydroxylation sites is 1. The van der Waals surface area contributed by atoms with Gasteiger partial charge in [-0.25, -0.2) is 4.68 Å². The average Bonchev–Trinajstić information content (AvgIpc) is 3.29. The second kappa shape index (κ2) is 7.27. The van der Waals surface area contributed by atoms with E-state index in [0.717, 1.165) is 36.1 Å². The molecule has 27 heavy (non-hydrogen) atoms. The fraction of sp³-hybridized carbons (Fsp3) is 0.273. The van der Waals surface area contributed by atoms with Gasteiger partial charge in [0.15, 0.2) is 5.69 Å². The van der Waals surface area contributed by atoms with E-state index in [1.54, 1.807) is 4.68 Å². The lowest BCUT2D eigenvalue weighted by Crippen LogP contribution is -2.19. The topological polar surface area (TPSA) is 50.2 Å². The Morgan fingerprint density at radius 3 is 2.48 bits per heavy atom. The molecule has 3 aromatic rings. The number of amides is 1. The molecule has 0 spiro atoms. The third-order valence-corrected chi connectivity index (χ3v) is 5.04. The summed E-state index contributed by atoms with van der Waals surface area (Å²) in [4.78, 5) is 15.0. The van der Waals surface area contributed by atoms with Gasteiger partial charge in [0.05, 0.1) is 5.69 Å². The molecule has 0 aliphatic carbocycles. The van der Waals surface area contributed by atoms with Crippen molar-refractivity contribution in [3.63, 3.8) is 0 Å². The predicted octanol–water partition coefficient (Wildman–Crippen LogP) is 4.28. The quantitative estimate of drug-likeness (QED) is 0.755. The van der Waals surface area contributed by atoms with Crippen LogP contribution in [-0.4, -0.2) is 28.8 Å². The number of hydrogen-bond donors (Lipinski definition) is 1. The summed E-state index contributed by atoms with van der Waals surface area (Å²) in [6.45, 7) is 6.43. The molecule has 1 atom stereocenters. The van der Waals surface area contributed by atoms with E-state index in [9.17, 15) is 4.79 Å². The summed E-state index contributed by atoms with van der Waals surface area (Å²) in [6.07, 6.45) is 1.24. The van der Waals surface area contributed by atoms with E-state index in [0.29, 0.717) is 5.69 Å². The first-order chi connectivity index (χ1) is 13.1. The van der Waals surface area contributed by atoms with Gasteiger partial charge < -0.3 is 10.2 Å². The highest BCUT2D eigenvalue weighted by Crippen LogP contribution is 2.25. The maximum Gasteiger partial charge on any atom is 0.276 e. The minimum atomic E-state index is -0.199. The Hall–Kier alpha value is -3.08. The fourth-order valence-electron chi connectivity index (χ4n) is 3.54. The van der Waals surface area contributed by atoms with Crippen LogP contribution >= 0.6 is 0 Å². The molecule has 0 radical (unpaired) electrons. The fourth-order valence-corrected chi connectivity index (χ4v) is 3.54. The lowest BCUT2D eigenvalue weighted by molar-refractivity contribution is 0.102. The highest BCUT2D eigenvalue weighted by molar-refractivity contribution is 6.03. The SMILES string of the molecule is Cc1cc(C(=O)Nc2ccc(N3CCC(C)C3)cc2)nn1-c1ccccc1. The van der Waals surface area contributed by atoms with Crippen molar-refractivity contribution in [2.45, 2.75) is 20.3 Å². The van der Waals surface area contributed by atoms with Gasteiger partial charge in [0.25, 0.3) is 5.91 Å². The van der Waals surface area contributed by atoms with Gasteiger partial charge in [0.2, 0.25) is 0 Å². The molecule has 2 heterocycles. The van der Waals surface area contributed by atoms with Crippen LogP contribution in [0.1, 0.15) is 29.5 Å². The van der Waals surface area contributed by atoms with E-state index in [4.69, 9.17) is 0 Å². The molecule has 4 rings (SSSR count). The van der Waals surface area contributed by atoms with Crippen molar-refractivity contribution in [2.75, 3.05) is 23.3 Å². The molecule has 1 unspecified atom stereocenters. The molecule has 5 nitrogen and oxygen atoms in total. The first kappa shape index (κ1) is 17.3. The number of nitrogens with one attached hydrogen (secondary N) is 1. The van der Waals surface area contributed by atoms with E-state index in [-0.39, 0.29) is 5.91 Å². The van der Waals surface area contributed by atoms with Gasteiger partial charge in [-0.1, -0.05) is 25.1 Å². The summed E-state index contributed by atoms with van der Waals surface area (Å²) in [5.41, 5.74) is 4.27. The monoisotopic (exact) mass is 360 g/mol. The van der Waals surface area contributed by atoms with Crippen LogP contribution in [0.15, 0.2) is 60.7 Å². The summed E-state index contributed by atoms with van der Waals surface area (Å²) in [5.74, 6) is 0.544. The van der Waals surface area contributed by atoms with Gasteiger partial charge in [-0.05, 0) is 61.7 Å². The van der Waals surface area contributed by atoms with Crippen LogP contribution in [0.25, 0.3) is 5.69 Å². The molecular weight excluding hydrogens is 336 g/mol. The van der Waals surface area contributed by atoms with Gasteiger partial charge in [-0.15, -0.1) is 0 Å². The van der Waals surface area contributed by atoms with Crippen molar-refractivity contribution in [1.82, 2.24) is 9.78 Å². The Morgan fingerprint density at radius 1 is 1.07 bits per heavy atom. The maximum absolute atomic E-state index is 12.6. The summed E-state index contributed by atoms with van der Waals surface area (Å²) in [7, 11) is 0. The standard InChI is InChI=1S/C22H24N4O/c1-16-12-13-25(15-16)19-10-8-18(9-11-19)23-22(27)21-14-17(2)26(24-21)20-6-4-3-5-7-20/h3-11,14,16H,12-13,15H2,1-2H3,(H,23,27). The van der Waals surface area contributed by atoms with Gasteiger partial charge in [-0.2, -0.15) is 5.10 Å². The maximum atomic E-state index is 12.6. The number of aromatic nitrogens is 2. The summed E-state index contributed by atoms with van der Waals surface area (Å²) in [5, 5.41) is 7.40. The third kappa shape index (κ3) is 3.72. The van der Waals surface area contributed by atoms with Crippen molar-refractivity contribution >= 4 is 17.3 Å². The van der Waals surface area contributed by atoms with E-state index in [1.165, 1.54) is 12.1 Å². The third-order valence-electron chi connectivity index (χ3n) is 5.04. The minimum Gasteiger partial charge on any atom is -0.371 e. The summed E-state index contributed by atoms with van der Waals surface area (Å²) in [6, 6.07) is 19.7. The van der Waals surface area contributed by atoms with Crippen LogP contribution in [0.3, 0.4) is 0 Å². The lowest BCUT2D eigenvalue weighted by atomic mass is 10.2. The van der Waals surface area contributed by atoms with Gasteiger partial charge in [0.1, 0.15) is 0 Å². The predicted molar refractivity (Wildman–Crippen MR) is 109 cm³/mol. The first-order valence-corrected chi connectivity index (χ1v) is 9.38. The van der Waals surface area contributed by atoms with Gasteiger partial charge in [0, 0.05) is 30.2 Å². The highest BCUT2D eigenvalue weighted by atomic mass is 16.1. The van der Waals surface area contributed by atoms with Crippen molar-refractivity contribution < 1.29 is 4.79 Å². The molecule has 0 saturated carbocycles. The Balaban J connectivity index is 1.46. The van der Waals surface area contributed by atoms with Crippen LogP contribution in [-0.2, 0) is 0 Å². The minimum absolute atomic E-state index is 0.199. The zero-order valence-electron chi connectivity index (χ0n) is 15.7. The molecule has 1 N–H and O–H groups in total. The van der Waals surface area contributed by atoms with E-state index >= 15 is 0 Å². The number of nitrogens with zero attached hydrogens (tertiary/aromatic N) is 3. The van der Waals surface area contributed by atoms with Crippen LogP contribution < -0.4 is 10.2 Å². The molecule has 1 amide bonds. The number of carbonyl (C=O) groups excluding carboxylic acids is 1. The number of carbonyl (C=O) groups is 1. The molecule has 1 fully saturated rings. The normalized spacial score (nSPS) is 16.5. The van der Waals surface area contributed by atoms with E-state index in [1.807, 2.05) is 55.5 Å². The molecule has 0 bridgehead atoms. The molecule has 138 valence electrons. The zero-order chi connectivity index (χ0) is 18.8. The van der Waals surface area contributed by atoms with Gasteiger partial charge >= 0.3 is 0 Å². The largest absolute Gasteiger partial charge is 0.371 e. The van der Waals surface area contributed by atoms with Crippen LogP contribution in [0.5, 0.6) is 0 Å². The average molecular weight is 360 g/mol. The highest BCUT2D eigenvalue weighted by Gasteiger charge is 2.19. The van der Waals surface area contributed by atoms with E-state index < -0.39 is 0 Å². The van der Waals surface area contributed by atoms with Crippen LogP contribution in [0.2, 0.25) is 0 Å². The molecule has 5 heteroatoms. The smallest absolute Gasteiger partial charge is 0.276 e. The second-order valence-corrected chi connectivity index (χ2v) is 7.26. The summed E-state index contributed by atoms with van der Waals surface area (Å²) >= 11 is 0. The van der Waals surface area contributed by atoms with Crippen molar-refractivity contribution in [2.24, 2.45) is 5.92 Å². The van der Waals surface area contributed by atoms with E-state index in [2.05, 4.69) is 34.4 Å². The second-order valence-electron chi connectivity index (χ2n) is 7.26. The molecule has 1 aromatic heterocycles. The first-order valence-electron chi connectivity index (χ1n) is 9.38. The molecular formula is C22H24N4O. The number of hydrogen-bond acceptors (Lipinski definition) is 3. The molecule has 2 aromatic carbocycles. The number of benzene rings is 2. The van der Waals surface area contributed by atoms with Crippen molar-refractivity contribution in [3.8, 4) is 5.69 Å². The van der Waals surface area contributed by atoms with Gasteiger partial charge in [-0.3, -0.25) is 4.79 Å². The Kier molecular flexibility index (Phi) is 4.67. The summed E-state index contributed by atoms with van der Waals surface area (Å²) < 4.78 is 1.78. The molecule has 1 aliphatic rings. The Labute approximate surface area is 159 Å². The number of rotatable bonds is 4. The van der Waals surface area contributed by atoms with Crippen molar-refractivity contribution in [3.05, 3.63) is 72.1 Å². The molecule has 1 aliphatic heterocycles. The van der Waals surface area contributed by atoms with Crippen LogP contribution in [0.4, 0.5) is 11.4 Å². The Morgan fingerprint density at radius 2 is 1.81 bits per heavy atom.